The van der Waals surface area contributed by atoms with Crippen molar-refractivity contribution in [2.24, 2.45) is 0 Å². The molecule has 0 N–H and O–H groups in total. The van der Waals surface area contributed by atoms with Crippen LogP contribution in [0, 0.1) is 0 Å². The SMILES string of the molecule is CCc1ccc(-c2cn3c(C(=O)N(C)Cc4cccnc4)csc3n2)cc1. The molecule has 0 unspecified atom stereocenters. The van der Waals surface area contributed by atoms with E-state index in [0.29, 0.717) is 12.2 Å². The van der Waals surface area contributed by atoms with E-state index in [9.17, 15) is 4.79 Å². The van der Waals surface area contributed by atoms with Gasteiger partial charge in [0.2, 0.25) is 0 Å². The van der Waals surface area contributed by atoms with Gasteiger partial charge in [-0.2, -0.15) is 0 Å². The summed E-state index contributed by atoms with van der Waals surface area (Å²) in [5, 5.41) is 1.87. The Bertz CT molecular complexity index is 1070. The number of amides is 1. The molecule has 0 aliphatic rings. The minimum atomic E-state index is -0.0321. The van der Waals surface area contributed by atoms with E-state index in [1.807, 2.05) is 28.1 Å². The van der Waals surface area contributed by atoms with Crippen LogP contribution in [0.5, 0.6) is 0 Å². The van der Waals surface area contributed by atoms with Crippen molar-refractivity contribution in [2.45, 2.75) is 19.9 Å². The fourth-order valence-corrected chi connectivity index (χ4v) is 3.87. The largest absolute Gasteiger partial charge is 0.336 e. The van der Waals surface area contributed by atoms with Crippen molar-refractivity contribution in [1.29, 1.82) is 0 Å². The minimum absolute atomic E-state index is 0.0321. The maximum Gasteiger partial charge on any atom is 0.271 e. The van der Waals surface area contributed by atoms with Crippen molar-refractivity contribution in [1.82, 2.24) is 19.3 Å². The number of hydrogen-bond acceptors (Lipinski definition) is 4. The monoisotopic (exact) mass is 376 g/mol. The van der Waals surface area contributed by atoms with Crippen molar-refractivity contribution in [3.05, 3.63) is 77.2 Å². The Hall–Kier alpha value is -2.99. The molecule has 1 aromatic carbocycles. The number of rotatable bonds is 5. The second-order valence-electron chi connectivity index (χ2n) is 6.47. The van der Waals surface area contributed by atoms with Gasteiger partial charge in [-0.25, -0.2) is 4.98 Å². The number of carbonyl (C=O) groups excluding carboxylic acids is 1. The summed E-state index contributed by atoms with van der Waals surface area (Å²) in [4.78, 5) is 24.2. The van der Waals surface area contributed by atoms with E-state index in [1.54, 1.807) is 24.3 Å². The van der Waals surface area contributed by atoms with Crippen LogP contribution in [0.2, 0.25) is 0 Å². The standard InChI is InChI=1S/C21H20N4OS/c1-3-15-6-8-17(9-7-15)18-13-25-19(14-27-21(25)23-18)20(26)24(2)12-16-5-4-10-22-11-16/h4-11,13-14H,3,12H2,1-2H3. The third-order valence-electron chi connectivity index (χ3n) is 4.58. The predicted molar refractivity (Wildman–Crippen MR) is 108 cm³/mol. The van der Waals surface area contributed by atoms with Crippen molar-refractivity contribution in [3.8, 4) is 11.3 Å². The molecule has 0 saturated heterocycles. The van der Waals surface area contributed by atoms with Gasteiger partial charge in [-0.1, -0.05) is 37.3 Å². The van der Waals surface area contributed by atoms with Gasteiger partial charge in [0.25, 0.3) is 5.91 Å². The van der Waals surface area contributed by atoms with Gasteiger partial charge in [0.05, 0.1) is 5.69 Å². The number of pyridine rings is 1. The normalized spacial score (nSPS) is 11.0. The van der Waals surface area contributed by atoms with Gasteiger partial charge in [0, 0.05) is 43.1 Å². The van der Waals surface area contributed by atoms with Gasteiger partial charge in [-0.15, -0.1) is 11.3 Å². The van der Waals surface area contributed by atoms with Crippen LogP contribution in [-0.2, 0) is 13.0 Å². The number of thiazole rings is 1. The lowest BCUT2D eigenvalue weighted by molar-refractivity contribution is 0.0778. The molecule has 0 radical (unpaired) electrons. The zero-order valence-electron chi connectivity index (χ0n) is 15.3. The topological polar surface area (TPSA) is 50.5 Å². The zero-order chi connectivity index (χ0) is 18.8. The van der Waals surface area contributed by atoms with E-state index < -0.39 is 0 Å². The lowest BCUT2D eigenvalue weighted by Crippen LogP contribution is -2.27. The first-order valence-corrected chi connectivity index (χ1v) is 9.74. The molecule has 5 nitrogen and oxygen atoms in total. The molecule has 4 aromatic rings. The highest BCUT2D eigenvalue weighted by atomic mass is 32.1. The average Bonchev–Trinajstić information content (AvgIpc) is 3.29. The highest BCUT2D eigenvalue weighted by Crippen LogP contribution is 2.25. The average molecular weight is 376 g/mol. The highest BCUT2D eigenvalue weighted by molar-refractivity contribution is 7.15. The molecule has 4 rings (SSSR count). The quantitative estimate of drug-likeness (QED) is 0.522. The van der Waals surface area contributed by atoms with Gasteiger partial charge < -0.3 is 4.90 Å². The van der Waals surface area contributed by atoms with Crippen LogP contribution in [-0.4, -0.2) is 32.2 Å². The van der Waals surface area contributed by atoms with Gasteiger partial charge in [0.1, 0.15) is 5.69 Å². The summed E-state index contributed by atoms with van der Waals surface area (Å²) in [6, 6.07) is 12.3. The lowest BCUT2D eigenvalue weighted by Gasteiger charge is -2.16. The molecule has 3 aromatic heterocycles. The van der Waals surface area contributed by atoms with Crippen LogP contribution >= 0.6 is 11.3 Å². The molecule has 0 fully saturated rings. The van der Waals surface area contributed by atoms with Crippen molar-refractivity contribution >= 4 is 22.2 Å². The number of nitrogens with zero attached hydrogens (tertiary/aromatic N) is 4. The molecule has 0 bridgehead atoms. The van der Waals surface area contributed by atoms with Crippen molar-refractivity contribution < 1.29 is 4.79 Å². The Morgan fingerprint density at radius 2 is 2.00 bits per heavy atom. The summed E-state index contributed by atoms with van der Waals surface area (Å²) < 4.78 is 1.88. The summed E-state index contributed by atoms with van der Waals surface area (Å²) in [6.07, 6.45) is 6.47. The van der Waals surface area contributed by atoms with Gasteiger partial charge in [-0.05, 0) is 23.6 Å². The molecule has 6 heteroatoms. The van der Waals surface area contributed by atoms with E-state index in [4.69, 9.17) is 0 Å². The maximum absolute atomic E-state index is 12.9. The van der Waals surface area contributed by atoms with Gasteiger partial charge in [-0.3, -0.25) is 14.2 Å². The maximum atomic E-state index is 12.9. The molecular weight excluding hydrogens is 356 g/mol. The third kappa shape index (κ3) is 3.48. The Labute approximate surface area is 161 Å². The summed E-state index contributed by atoms with van der Waals surface area (Å²) in [5.41, 5.74) is 4.87. The number of aryl methyl sites for hydroxylation is 1. The molecule has 27 heavy (non-hydrogen) atoms. The van der Waals surface area contributed by atoms with Crippen LogP contribution < -0.4 is 0 Å². The zero-order valence-corrected chi connectivity index (χ0v) is 16.1. The molecule has 0 aliphatic heterocycles. The number of carbonyl (C=O) groups is 1. The lowest BCUT2D eigenvalue weighted by atomic mass is 10.1. The van der Waals surface area contributed by atoms with E-state index in [2.05, 4.69) is 41.2 Å². The van der Waals surface area contributed by atoms with Crippen LogP contribution in [0.3, 0.4) is 0 Å². The van der Waals surface area contributed by atoms with Gasteiger partial charge >= 0.3 is 0 Å². The number of fused-ring (bicyclic) bond motifs is 1. The summed E-state index contributed by atoms with van der Waals surface area (Å²) >= 11 is 1.48. The fourth-order valence-electron chi connectivity index (χ4n) is 3.02. The van der Waals surface area contributed by atoms with Crippen molar-refractivity contribution in [3.63, 3.8) is 0 Å². The molecule has 0 spiro atoms. The van der Waals surface area contributed by atoms with E-state index in [-0.39, 0.29) is 5.91 Å². The summed E-state index contributed by atoms with van der Waals surface area (Å²) in [6.45, 7) is 2.66. The second kappa shape index (κ2) is 7.32. The predicted octanol–water partition coefficient (Wildman–Crippen LogP) is 4.29. The molecule has 3 heterocycles. The fraction of sp³-hybridized carbons (Fsp3) is 0.190. The van der Waals surface area contributed by atoms with Crippen LogP contribution in [0.4, 0.5) is 0 Å². The van der Waals surface area contributed by atoms with Crippen molar-refractivity contribution in [2.75, 3.05) is 7.05 Å². The molecular formula is C21H20N4OS. The minimum Gasteiger partial charge on any atom is -0.336 e. The Kier molecular flexibility index (Phi) is 4.73. The first kappa shape index (κ1) is 17.4. The van der Waals surface area contributed by atoms with E-state index in [0.717, 1.165) is 28.2 Å². The van der Waals surface area contributed by atoms with E-state index in [1.165, 1.54) is 16.9 Å². The summed E-state index contributed by atoms with van der Waals surface area (Å²) in [7, 11) is 1.81. The Balaban J connectivity index is 1.60. The molecule has 0 atom stereocenters. The number of benzene rings is 1. The molecule has 0 saturated carbocycles. The third-order valence-corrected chi connectivity index (χ3v) is 5.42. The first-order valence-electron chi connectivity index (χ1n) is 8.86. The Morgan fingerprint density at radius 1 is 1.19 bits per heavy atom. The number of hydrogen-bond donors (Lipinski definition) is 0. The molecule has 0 aliphatic carbocycles. The van der Waals surface area contributed by atoms with Crippen LogP contribution in [0.1, 0.15) is 28.5 Å². The van der Waals surface area contributed by atoms with Gasteiger partial charge in [0.15, 0.2) is 4.96 Å². The van der Waals surface area contributed by atoms with Crippen LogP contribution in [0.15, 0.2) is 60.4 Å². The van der Waals surface area contributed by atoms with Crippen LogP contribution in [0.25, 0.3) is 16.2 Å². The highest BCUT2D eigenvalue weighted by Gasteiger charge is 2.18. The Morgan fingerprint density at radius 3 is 2.70 bits per heavy atom. The first-order chi connectivity index (χ1) is 13.2. The molecule has 1 amide bonds. The number of imidazole rings is 1. The second-order valence-corrected chi connectivity index (χ2v) is 7.31. The smallest absolute Gasteiger partial charge is 0.271 e. The van der Waals surface area contributed by atoms with E-state index >= 15 is 0 Å². The summed E-state index contributed by atoms with van der Waals surface area (Å²) in [5.74, 6) is -0.0321. The number of aromatic nitrogens is 3. The molecule has 136 valence electrons.